The van der Waals surface area contributed by atoms with Crippen LogP contribution in [0.4, 0.5) is 17.1 Å². The summed E-state index contributed by atoms with van der Waals surface area (Å²) in [6.45, 7) is 0. The summed E-state index contributed by atoms with van der Waals surface area (Å²) < 4.78 is 7.15. The number of nitrogens with zero attached hydrogens (tertiary/aromatic N) is 1. The number of hydrogen-bond donors (Lipinski definition) is 0. The van der Waals surface area contributed by atoms with Crippen molar-refractivity contribution in [3.63, 3.8) is 0 Å². The van der Waals surface area contributed by atoms with Gasteiger partial charge in [0.25, 0.3) is 0 Å². The molecule has 0 aliphatic rings. The quantitative estimate of drug-likeness (QED) is 0.175. The number of rotatable bonds is 5. The van der Waals surface area contributed by atoms with Gasteiger partial charge in [0.15, 0.2) is 5.58 Å². The summed E-state index contributed by atoms with van der Waals surface area (Å²) in [6.07, 6.45) is 0. The number of hydrogen-bond acceptors (Lipinski definition) is 2. The molecule has 0 unspecified atom stereocenters. The topological polar surface area (TPSA) is 16.4 Å². The summed E-state index contributed by atoms with van der Waals surface area (Å²) >= 11 is 0. The Morgan fingerprint density at radius 3 is 1.62 bits per heavy atom. The minimum absolute atomic E-state index is 0.861. The Morgan fingerprint density at radius 2 is 0.880 bits per heavy atom. The predicted molar refractivity (Wildman–Crippen MR) is 212 cm³/mol. The Kier molecular flexibility index (Phi) is 6.53. The monoisotopic (exact) mass is 637 g/mol. The van der Waals surface area contributed by atoms with E-state index in [0.717, 1.165) is 50.1 Å². The lowest BCUT2D eigenvalue weighted by Crippen LogP contribution is -2.11. The van der Waals surface area contributed by atoms with Crippen molar-refractivity contribution in [2.75, 3.05) is 4.90 Å². The van der Waals surface area contributed by atoms with Gasteiger partial charge in [0.2, 0.25) is 0 Å². The van der Waals surface area contributed by atoms with Crippen LogP contribution in [-0.2, 0) is 0 Å². The van der Waals surface area contributed by atoms with E-state index in [2.05, 4.69) is 193 Å². The van der Waals surface area contributed by atoms with E-state index in [9.17, 15) is 0 Å². The van der Waals surface area contributed by atoms with E-state index in [-0.39, 0.29) is 0 Å². The van der Waals surface area contributed by atoms with Crippen molar-refractivity contribution in [1.82, 2.24) is 0 Å². The van der Waals surface area contributed by atoms with Gasteiger partial charge in [-0.1, -0.05) is 158 Å². The van der Waals surface area contributed by atoms with E-state index < -0.39 is 0 Å². The molecule has 0 amide bonds. The van der Waals surface area contributed by atoms with Gasteiger partial charge in [-0.05, 0) is 74.0 Å². The van der Waals surface area contributed by atoms with E-state index in [4.69, 9.17) is 4.42 Å². The first-order valence-corrected chi connectivity index (χ1v) is 17.1. The Morgan fingerprint density at radius 1 is 0.320 bits per heavy atom. The molecule has 0 fully saturated rings. The maximum atomic E-state index is 7.15. The van der Waals surface area contributed by atoms with Crippen LogP contribution in [0.2, 0.25) is 0 Å². The molecule has 0 aliphatic heterocycles. The molecular weight excluding hydrogens is 607 g/mol. The standard InChI is InChI=1S/C48H31NO/c1-3-14-32(15-4-1)33-26-28-37(29-27-33)49(45-31-36-19-7-9-20-38(36)40-22-11-12-23-41(40)45)44-25-13-24-42-43-30-35-18-8-10-21-39(35)46(48(43)50-47(42)44)34-16-5-2-6-17-34/h1-31H. The lowest BCUT2D eigenvalue weighted by molar-refractivity contribution is 0.670. The van der Waals surface area contributed by atoms with Gasteiger partial charge in [0.05, 0.1) is 11.4 Å². The average molecular weight is 638 g/mol. The molecule has 234 valence electrons. The molecule has 2 nitrogen and oxygen atoms in total. The maximum absolute atomic E-state index is 7.15. The van der Waals surface area contributed by atoms with E-state index >= 15 is 0 Å². The van der Waals surface area contributed by atoms with Crippen LogP contribution in [0.5, 0.6) is 0 Å². The zero-order chi connectivity index (χ0) is 33.0. The van der Waals surface area contributed by atoms with Gasteiger partial charge in [0.1, 0.15) is 5.58 Å². The molecule has 0 bridgehead atoms. The molecule has 0 aliphatic carbocycles. The SMILES string of the molecule is c1ccc(-c2ccc(N(c3cc4ccccc4c4ccccc34)c3cccc4c3oc3c(-c5ccccc5)c5ccccc5cc34)cc2)cc1. The number of benzene rings is 9. The van der Waals surface area contributed by atoms with Crippen LogP contribution >= 0.6 is 0 Å². The average Bonchev–Trinajstić information content (AvgIpc) is 3.57. The van der Waals surface area contributed by atoms with E-state index in [1.54, 1.807) is 0 Å². The molecule has 0 saturated heterocycles. The molecule has 9 aromatic carbocycles. The van der Waals surface area contributed by atoms with Crippen LogP contribution in [0.15, 0.2) is 192 Å². The van der Waals surface area contributed by atoms with Crippen molar-refractivity contribution < 1.29 is 4.42 Å². The molecule has 0 saturated carbocycles. The van der Waals surface area contributed by atoms with Gasteiger partial charge in [-0.2, -0.15) is 0 Å². The zero-order valence-corrected chi connectivity index (χ0v) is 27.3. The zero-order valence-electron chi connectivity index (χ0n) is 27.3. The highest BCUT2D eigenvalue weighted by molar-refractivity contribution is 6.21. The first-order chi connectivity index (χ1) is 24.8. The van der Waals surface area contributed by atoms with Crippen LogP contribution in [0.1, 0.15) is 0 Å². The van der Waals surface area contributed by atoms with E-state index in [1.807, 2.05) is 0 Å². The number of anilines is 3. The van der Waals surface area contributed by atoms with Crippen molar-refractivity contribution >= 4 is 71.3 Å². The molecule has 0 atom stereocenters. The Balaban J connectivity index is 1.29. The summed E-state index contributed by atoms with van der Waals surface area (Å²) in [4.78, 5) is 2.39. The van der Waals surface area contributed by atoms with Gasteiger partial charge < -0.3 is 9.32 Å². The van der Waals surface area contributed by atoms with E-state index in [0.29, 0.717) is 0 Å². The summed E-state index contributed by atoms with van der Waals surface area (Å²) in [7, 11) is 0. The second kappa shape index (κ2) is 11.5. The lowest BCUT2D eigenvalue weighted by atomic mass is 9.95. The molecule has 0 N–H and O–H groups in total. The minimum atomic E-state index is 0.861. The normalized spacial score (nSPS) is 11.6. The van der Waals surface area contributed by atoms with Crippen LogP contribution in [-0.4, -0.2) is 0 Å². The highest BCUT2D eigenvalue weighted by Gasteiger charge is 2.24. The number of fused-ring (bicyclic) bond motifs is 7. The largest absolute Gasteiger partial charge is 0.453 e. The van der Waals surface area contributed by atoms with Crippen LogP contribution in [0.25, 0.3) is 76.5 Å². The first-order valence-electron chi connectivity index (χ1n) is 17.1. The summed E-state index contributed by atoms with van der Waals surface area (Å²) in [5.74, 6) is 0. The number of furan rings is 1. The summed E-state index contributed by atoms with van der Waals surface area (Å²) in [5.41, 5.74) is 9.56. The molecule has 1 aromatic heterocycles. The van der Waals surface area contributed by atoms with Gasteiger partial charge in [-0.3, -0.25) is 0 Å². The lowest BCUT2D eigenvalue weighted by Gasteiger charge is -2.27. The molecule has 50 heavy (non-hydrogen) atoms. The molecule has 10 aromatic rings. The molecule has 1 heterocycles. The smallest absolute Gasteiger partial charge is 0.159 e. The Labute approximate surface area is 290 Å². The molecule has 0 radical (unpaired) electrons. The van der Waals surface area contributed by atoms with Gasteiger partial charge in [-0.15, -0.1) is 0 Å². The van der Waals surface area contributed by atoms with Crippen molar-refractivity contribution in [3.05, 3.63) is 188 Å². The van der Waals surface area contributed by atoms with Crippen LogP contribution < -0.4 is 4.90 Å². The maximum Gasteiger partial charge on any atom is 0.159 e. The van der Waals surface area contributed by atoms with Gasteiger partial charge >= 0.3 is 0 Å². The van der Waals surface area contributed by atoms with Crippen LogP contribution in [0, 0.1) is 0 Å². The fourth-order valence-corrected chi connectivity index (χ4v) is 7.71. The van der Waals surface area contributed by atoms with Crippen molar-refractivity contribution in [3.8, 4) is 22.3 Å². The minimum Gasteiger partial charge on any atom is -0.453 e. The highest BCUT2D eigenvalue weighted by atomic mass is 16.3. The van der Waals surface area contributed by atoms with Crippen LogP contribution in [0.3, 0.4) is 0 Å². The van der Waals surface area contributed by atoms with Crippen molar-refractivity contribution in [1.29, 1.82) is 0 Å². The number of para-hydroxylation sites is 1. The highest BCUT2D eigenvalue weighted by Crippen LogP contribution is 2.48. The third kappa shape index (κ3) is 4.50. The predicted octanol–water partition coefficient (Wildman–Crippen LogP) is 13.8. The fraction of sp³-hybridized carbons (Fsp3) is 0. The Hall–Kier alpha value is -6.64. The molecular formula is C48H31NO. The second-order valence-electron chi connectivity index (χ2n) is 12.9. The Bertz CT molecular complexity index is 2850. The molecule has 10 rings (SSSR count). The van der Waals surface area contributed by atoms with Gasteiger partial charge in [-0.25, -0.2) is 0 Å². The summed E-state index contributed by atoms with van der Waals surface area (Å²) in [5, 5.41) is 9.43. The fourth-order valence-electron chi connectivity index (χ4n) is 7.71. The second-order valence-corrected chi connectivity index (χ2v) is 12.9. The third-order valence-electron chi connectivity index (χ3n) is 10.0. The third-order valence-corrected chi connectivity index (χ3v) is 10.0. The first kappa shape index (κ1) is 28.4. The van der Waals surface area contributed by atoms with Gasteiger partial charge in [0, 0.05) is 27.4 Å². The molecule has 0 spiro atoms. The van der Waals surface area contributed by atoms with E-state index in [1.165, 1.54) is 43.4 Å². The van der Waals surface area contributed by atoms with Crippen molar-refractivity contribution in [2.24, 2.45) is 0 Å². The summed E-state index contributed by atoms with van der Waals surface area (Å²) in [6, 6.07) is 67.3. The molecule has 2 heteroatoms. The van der Waals surface area contributed by atoms with Crippen molar-refractivity contribution in [2.45, 2.75) is 0 Å².